The fraction of sp³-hybridized carbons (Fsp3) is 0.200. The third kappa shape index (κ3) is 4.04. The Hall–Kier alpha value is -5.04. The zero-order chi connectivity index (χ0) is 29.0. The van der Waals surface area contributed by atoms with E-state index in [1.165, 1.54) is 17.0 Å². The highest BCUT2D eigenvalue weighted by molar-refractivity contribution is 6.23. The number of rotatable bonds is 6. The number of nitrogens with one attached hydrogen (secondary N) is 1. The predicted molar refractivity (Wildman–Crippen MR) is 157 cm³/mol. The van der Waals surface area contributed by atoms with Gasteiger partial charge < -0.3 is 10.1 Å². The van der Waals surface area contributed by atoms with Crippen LogP contribution in [-0.4, -0.2) is 30.3 Å². The summed E-state index contributed by atoms with van der Waals surface area (Å²) in [5.74, 6) is -2.88. The van der Waals surface area contributed by atoms with Gasteiger partial charge in [-0.2, -0.15) is 0 Å². The molecule has 0 radical (unpaired) electrons. The average Bonchev–Trinajstić information content (AvgIpc) is 3.30. The third-order valence-corrected chi connectivity index (χ3v) is 8.79. The molecule has 2 bridgehead atoms. The third-order valence-electron chi connectivity index (χ3n) is 8.79. The van der Waals surface area contributed by atoms with Crippen molar-refractivity contribution in [2.75, 3.05) is 16.8 Å². The second-order valence-electron chi connectivity index (χ2n) is 11.0. The number of anilines is 2. The van der Waals surface area contributed by atoms with Crippen molar-refractivity contribution in [1.82, 2.24) is 0 Å². The first-order valence-corrected chi connectivity index (χ1v) is 14.2. The van der Waals surface area contributed by atoms with Crippen LogP contribution in [0, 0.1) is 11.8 Å². The van der Waals surface area contributed by atoms with Gasteiger partial charge in [0.25, 0.3) is 5.91 Å². The highest BCUT2D eigenvalue weighted by Gasteiger charge is 2.61. The molecule has 2 atom stereocenters. The minimum atomic E-state index is -0.672. The molecule has 0 unspecified atom stereocenters. The highest BCUT2D eigenvalue weighted by atomic mass is 16.5. The van der Waals surface area contributed by atoms with Gasteiger partial charge >= 0.3 is 5.97 Å². The summed E-state index contributed by atoms with van der Waals surface area (Å²) in [6.45, 7) is 1.61. The molecule has 4 aromatic carbocycles. The molecule has 0 spiro atoms. The molecule has 3 aliphatic carbocycles. The lowest BCUT2D eigenvalue weighted by Gasteiger charge is -2.45. The van der Waals surface area contributed by atoms with Crippen LogP contribution in [0.5, 0.6) is 0 Å². The van der Waals surface area contributed by atoms with Gasteiger partial charge in [-0.1, -0.05) is 67.6 Å². The van der Waals surface area contributed by atoms with Gasteiger partial charge in [-0.3, -0.25) is 14.4 Å². The lowest BCUT2D eigenvalue weighted by molar-refractivity contribution is -0.122. The van der Waals surface area contributed by atoms with E-state index in [4.69, 9.17) is 4.74 Å². The van der Waals surface area contributed by atoms with Gasteiger partial charge in [-0.15, -0.1) is 0 Å². The van der Waals surface area contributed by atoms with Gasteiger partial charge in [0.2, 0.25) is 11.8 Å². The van der Waals surface area contributed by atoms with Crippen molar-refractivity contribution in [3.05, 3.63) is 130 Å². The van der Waals surface area contributed by atoms with Crippen LogP contribution in [0.15, 0.2) is 97.1 Å². The molecule has 1 N–H and O–H groups in total. The molecule has 1 heterocycles. The van der Waals surface area contributed by atoms with Crippen molar-refractivity contribution < 1.29 is 23.9 Å². The molecule has 8 rings (SSSR count). The molecule has 3 amide bonds. The average molecular weight is 557 g/mol. The molecule has 1 fully saturated rings. The summed E-state index contributed by atoms with van der Waals surface area (Å²) in [6, 6.07) is 29.9. The van der Waals surface area contributed by atoms with Gasteiger partial charge in [0.1, 0.15) is 0 Å². The predicted octanol–water partition coefficient (Wildman–Crippen LogP) is 5.44. The summed E-state index contributed by atoms with van der Waals surface area (Å²) < 4.78 is 5.20. The molecule has 1 aliphatic heterocycles. The van der Waals surface area contributed by atoms with Gasteiger partial charge in [0.15, 0.2) is 6.61 Å². The molecule has 4 aliphatic rings. The summed E-state index contributed by atoms with van der Waals surface area (Å²) in [5.41, 5.74) is 6.87. The number of hydrogen-bond acceptors (Lipinski definition) is 5. The Bertz CT molecular complexity index is 1630. The van der Waals surface area contributed by atoms with E-state index >= 15 is 0 Å². The van der Waals surface area contributed by atoms with E-state index in [9.17, 15) is 19.2 Å². The van der Waals surface area contributed by atoms with Gasteiger partial charge in [-0.05, 0) is 70.6 Å². The fourth-order valence-electron chi connectivity index (χ4n) is 6.91. The number of carbonyl (C=O) groups excluding carboxylic acids is 4. The molecule has 42 heavy (non-hydrogen) atoms. The van der Waals surface area contributed by atoms with Crippen molar-refractivity contribution in [3.63, 3.8) is 0 Å². The second kappa shape index (κ2) is 10.1. The van der Waals surface area contributed by atoms with Crippen molar-refractivity contribution >= 4 is 35.1 Å². The van der Waals surface area contributed by atoms with Crippen molar-refractivity contribution in [2.24, 2.45) is 11.8 Å². The maximum Gasteiger partial charge on any atom is 0.338 e. The van der Waals surface area contributed by atoms with Gasteiger partial charge in [0, 0.05) is 17.5 Å². The van der Waals surface area contributed by atoms with Gasteiger partial charge in [-0.25, -0.2) is 9.69 Å². The van der Waals surface area contributed by atoms with E-state index in [0.717, 1.165) is 34.2 Å². The largest absolute Gasteiger partial charge is 0.452 e. The maximum absolute atomic E-state index is 13.9. The van der Waals surface area contributed by atoms with Gasteiger partial charge in [0.05, 0.1) is 23.1 Å². The smallest absolute Gasteiger partial charge is 0.338 e. The Morgan fingerprint density at radius 2 is 1.21 bits per heavy atom. The second-order valence-corrected chi connectivity index (χ2v) is 11.0. The Morgan fingerprint density at radius 1 is 0.714 bits per heavy atom. The number of esters is 1. The van der Waals surface area contributed by atoms with Crippen LogP contribution < -0.4 is 10.2 Å². The van der Waals surface area contributed by atoms with Crippen molar-refractivity contribution in [3.8, 4) is 0 Å². The zero-order valence-corrected chi connectivity index (χ0v) is 22.9. The summed E-state index contributed by atoms with van der Waals surface area (Å²) in [4.78, 5) is 54.0. The molecule has 1 saturated heterocycles. The molecule has 4 aromatic rings. The van der Waals surface area contributed by atoms with Crippen LogP contribution in [0.25, 0.3) is 0 Å². The number of aryl methyl sites for hydroxylation is 1. The van der Waals surface area contributed by atoms with E-state index in [1.807, 2.05) is 36.4 Å². The maximum atomic E-state index is 13.9. The number of hydrogen-bond donors (Lipinski definition) is 1. The standard InChI is InChI=1S/C35H28N2O5/c1-2-20-11-15-22(16-12-20)36-28(38)19-42-35(41)21-13-17-23(18-14-21)37-33(39)31-29-24-7-3-4-8-25(24)30(32(31)34(37)40)27-10-6-5-9-26(27)29/h3-18,29-32H,2,19H2,1H3,(H,36,38)/t29?,30?,31-,32-/m1/s1. The number of nitrogens with zero attached hydrogens (tertiary/aromatic N) is 1. The molecule has 7 nitrogen and oxygen atoms in total. The topological polar surface area (TPSA) is 92.8 Å². The lowest BCUT2D eigenvalue weighted by Crippen LogP contribution is -2.41. The van der Waals surface area contributed by atoms with Crippen LogP contribution >= 0.6 is 0 Å². The summed E-state index contributed by atoms with van der Waals surface area (Å²) in [6.07, 6.45) is 0.898. The van der Waals surface area contributed by atoms with E-state index < -0.39 is 30.3 Å². The SMILES string of the molecule is CCc1ccc(NC(=O)COC(=O)c2ccc(N3C(=O)[C@@H]4C5c6ccccc6C(c6ccccc65)[C@H]4C3=O)cc2)cc1. The fourth-order valence-corrected chi connectivity index (χ4v) is 6.91. The van der Waals surface area contributed by atoms with Crippen LogP contribution in [-0.2, 0) is 25.5 Å². The monoisotopic (exact) mass is 556 g/mol. The first-order valence-electron chi connectivity index (χ1n) is 14.2. The molecular formula is C35H28N2O5. The number of benzene rings is 4. The molecule has 208 valence electrons. The first kappa shape index (κ1) is 25.9. The van der Waals surface area contributed by atoms with Crippen molar-refractivity contribution in [2.45, 2.75) is 25.2 Å². The molecule has 7 heteroatoms. The van der Waals surface area contributed by atoms with E-state index in [0.29, 0.717) is 11.4 Å². The summed E-state index contributed by atoms with van der Waals surface area (Å²) in [7, 11) is 0. The minimum Gasteiger partial charge on any atom is -0.452 e. The summed E-state index contributed by atoms with van der Waals surface area (Å²) in [5, 5.41) is 2.71. The minimum absolute atomic E-state index is 0.182. The van der Waals surface area contributed by atoms with E-state index in [2.05, 4.69) is 36.5 Å². The van der Waals surface area contributed by atoms with Crippen LogP contribution in [0.3, 0.4) is 0 Å². The quantitative estimate of drug-likeness (QED) is 0.252. The van der Waals surface area contributed by atoms with Crippen LogP contribution in [0.2, 0.25) is 0 Å². The lowest BCUT2D eigenvalue weighted by atomic mass is 9.55. The Kier molecular flexibility index (Phi) is 6.23. The van der Waals surface area contributed by atoms with E-state index in [-0.39, 0.29) is 29.2 Å². The first-order chi connectivity index (χ1) is 20.5. The number of carbonyl (C=O) groups is 4. The summed E-state index contributed by atoms with van der Waals surface area (Å²) >= 11 is 0. The molecule has 0 aromatic heterocycles. The zero-order valence-electron chi connectivity index (χ0n) is 22.9. The van der Waals surface area contributed by atoms with Crippen LogP contribution in [0.1, 0.15) is 56.9 Å². The van der Waals surface area contributed by atoms with Crippen LogP contribution in [0.4, 0.5) is 11.4 Å². The Morgan fingerprint density at radius 3 is 1.69 bits per heavy atom. The molecular weight excluding hydrogens is 528 g/mol. The highest BCUT2D eigenvalue weighted by Crippen LogP contribution is 2.61. The van der Waals surface area contributed by atoms with E-state index in [1.54, 1.807) is 24.3 Å². The molecule has 0 saturated carbocycles. The Labute approximate surface area is 243 Å². The number of amides is 3. The normalized spacial score (nSPS) is 21.4. The Balaban J connectivity index is 1.07. The van der Waals surface area contributed by atoms with Crippen molar-refractivity contribution in [1.29, 1.82) is 0 Å². The number of ether oxygens (including phenoxy) is 1. The number of imide groups is 1.